The van der Waals surface area contributed by atoms with Crippen LogP contribution in [0.1, 0.15) is 5.56 Å². The average Bonchev–Trinajstić information content (AvgIpc) is 2.14. The molecule has 0 saturated heterocycles. The molecule has 0 atom stereocenters. The van der Waals surface area contributed by atoms with E-state index in [9.17, 15) is 0 Å². The van der Waals surface area contributed by atoms with Crippen LogP contribution >= 0.6 is 0 Å². The molecule has 0 aliphatic carbocycles. The molecule has 0 aliphatic rings. The van der Waals surface area contributed by atoms with Crippen molar-refractivity contribution >= 4 is 16.5 Å². The second kappa shape index (κ2) is 7.13. The smallest absolute Gasteiger partial charge is 0.0930 e. The molecule has 0 radical (unpaired) electrons. The molecule has 0 heterocycles. The number of benzene rings is 1. The standard InChI is InChI=1S/C9H11N.H2O4S/c10-8-4-7-9-5-2-1-3-6-9;1-5(2,3)4/h1-7H,8,10H2;(H2,1,2,3,4)/p-1/b7-4+;. The molecule has 15 heavy (non-hydrogen) atoms. The maximum absolute atomic E-state index is 8.52. The monoisotopic (exact) mass is 230 g/mol. The van der Waals surface area contributed by atoms with Crippen LogP contribution in [0.25, 0.3) is 6.08 Å². The molecule has 0 unspecified atom stereocenters. The van der Waals surface area contributed by atoms with Crippen LogP contribution in [0.3, 0.4) is 0 Å². The van der Waals surface area contributed by atoms with E-state index in [-0.39, 0.29) is 0 Å². The average molecular weight is 230 g/mol. The summed E-state index contributed by atoms with van der Waals surface area (Å²) in [6.45, 7) is 0.856. The fraction of sp³-hybridized carbons (Fsp3) is 0.111. The minimum absolute atomic E-state index is 0.856. The van der Waals surface area contributed by atoms with Gasteiger partial charge in [-0.1, -0.05) is 36.4 Å². The van der Waals surface area contributed by atoms with Gasteiger partial charge in [-0.05, 0) is 11.6 Å². The van der Waals surface area contributed by atoms with E-state index >= 15 is 0 Å². The predicted molar refractivity (Wildman–Crippen MR) is 53.7 cm³/mol. The summed E-state index contributed by atoms with van der Waals surface area (Å²) in [5.41, 5.74) is 4.96. The Morgan fingerprint density at radius 3 is 2.07 bits per heavy atom. The van der Waals surface area contributed by atoms with Gasteiger partial charge in [0, 0.05) is 10.4 Å². The van der Waals surface area contributed by atoms with Gasteiger partial charge in [0.1, 0.15) is 0 Å². The van der Waals surface area contributed by atoms with Crippen molar-refractivity contribution in [2.75, 3.05) is 6.54 Å². The van der Waals surface area contributed by atoms with E-state index in [0.29, 0.717) is 0 Å². The molecule has 84 valence electrons. The Labute approximate surface area is 88.8 Å². The van der Waals surface area contributed by atoms with Gasteiger partial charge in [0.05, 0.1) is 6.54 Å². The predicted octanol–water partition coefficient (Wildman–Crippen LogP) is -0.396. The van der Waals surface area contributed by atoms with Crippen molar-refractivity contribution in [2.24, 2.45) is 0 Å². The van der Waals surface area contributed by atoms with Gasteiger partial charge in [0.25, 0.3) is 0 Å². The molecule has 0 amide bonds. The Morgan fingerprint density at radius 1 is 1.20 bits per heavy atom. The van der Waals surface area contributed by atoms with Crippen molar-refractivity contribution < 1.29 is 23.3 Å². The first-order valence-corrected chi connectivity index (χ1v) is 5.44. The van der Waals surface area contributed by atoms with Crippen LogP contribution in [0.4, 0.5) is 0 Å². The van der Waals surface area contributed by atoms with Crippen LogP contribution in [-0.4, -0.2) is 24.1 Å². The van der Waals surface area contributed by atoms with E-state index < -0.39 is 10.4 Å². The Bertz CT molecular complexity index is 378. The molecule has 0 aromatic heterocycles. The summed E-state index contributed by atoms with van der Waals surface area (Å²) in [6.07, 6.45) is 4.13. The maximum Gasteiger partial charge on any atom is 0.0930 e. The molecule has 1 rings (SSSR count). The minimum atomic E-state index is -5.17. The molecule has 6 heteroatoms. The summed E-state index contributed by atoms with van der Waals surface area (Å²) < 4.78 is 34.1. The van der Waals surface area contributed by atoms with Crippen molar-refractivity contribution in [3.05, 3.63) is 42.0 Å². The second-order valence-electron chi connectivity index (χ2n) is 2.51. The van der Waals surface area contributed by atoms with Gasteiger partial charge in [-0.15, -0.1) is 0 Å². The Morgan fingerprint density at radius 2 is 1.67 bits per heavy atom. The minimum Gasteiger partial charge on any atom is -0.759 e. The number of hydrogen-bond acceptors (Lipinski definition) is 4. The summed E-state index contributed by atoms with van der Waals surface area (Å²) in [5, 5.41) is 0. The van der Waals surface area contributed by atoms with Crippen LogP contribution < -0.4 is 5.73 Å². The van der Waals surface area contributed by atoms with E-state index in [1.165, 1.54) is 5.56 Å². The van der Waals surface area contributed by atoms with Gasteiger partial charge in [0.15, 0.2) is 0 Å². The molecular weight excluding hydrogens is 218 g/mol. The molecule has 1 aromatic rings. The van der Waals surface area contributed by atoms with Crippen LogP contribution in [0.2, 0.25) is 0 Å². The lowest BCUT2D eigenvalue weighted by Crippen LogP contribution is -2.48. The lowest BCUT2D eigenvalue weighted by Gasteiger charge is -2.06. The van der Waals surface area contributed by atoms with Crippen LogP contribution in [0.5, 0.6) is 0 Å². The quantitative estimate of drug-likeness (QED) is 0.551. The first-order valence-electron chi connectivity index (χ1n) is 4.11. The summed E-state index contributed by atoms with van der Waals surface area (Å²) in [7, 11) is -5.17. The molecule has 1 aromatic carbocycles. The van der Waals surface area contributed by atoms with Gasteiger partial charge >= 0.3 is 0 Å². The van der Waals surface area contributed by atoms with Crippen LogP contribution in [0, 0.1) is 0 Å². The fourth-order valence-corrected chi connectivity index (χ4v) is 0.784. The summed E-state index contributed by atoms with van der Waals surface area (Å²) in [4.78, 5) is 0. The summed E-state index contributed by atoms with van der Waals surface area (Å²) in [6, 6.07) is 10.2. The first-order chi connectivity index (χ1) is 6.93. The lowest BCUT2D eigenvalue weighted by molar-refractivity contribution is -0.352. The molecule has 3 N–H and O–H groups in total. The number of hydrogen-bond donors (Lipinski definition) is 1. The maximum atomic E-state index is 8.52. The second-order valence-corrected chi connectivity index (χ2v) is 3.33. The number of rotatable bonds is 2. The van der Waals surface area contributed by atoms with E-state index in [1.807, 2.05) is 18.2 Å². The highest BCUT2D eigenvalue weighted by atomic mass is 32.3. The van der Waals surface area contributed by atoms with Crippen molar-refractivity contribution in [1.29, 1.82) is 0 Å². The summed E-state index contributed by atoms with van der Waals surface area (Å²) >= 11 is 0. The lowest BCUT2D eigenvalue weighted by atomic mass is 10.2. The SMILES string of the molecule is O=S(=O)([O-])[O-].[NH3+]C/C=C/c1ccccc1. The molecule has 0 aliphatic heterocycles. The van der Waals surface area contributed by atoms with Gasteiger partial charge in [-0.3, -0.25) is 8.42 Å². The zero-order chi connectivity index (χ0) is 11.7. The molecule has 5 nitrogen and oxygen atoms in total. The zero-order valence-electron chi connectivity index (χ0n) is 8.00. The summed E-state index contributed by atoms with van der Waals surface area (Å²) in [5.74, 6) is 0. The Hall–Kier alpha value is -1.21. The van der Waals surface area contributed by atoms with Crippen molar-refractivity contribution in [1.82, 2.24) is 0 Å². The Balaban J connectivity index is 0.000000336. The third-order valence-corrected chi connectivity index (χ3v) is 1.28. The third-order valence-electron chi connectivity index (χ3n) is 1.28. The highest BCUT2D eigenvalue weighted by Gasteiger charge is 1.79. The first kappa shape index (κ1) is 13.8. The van der Waals surface area contributed by atoms with E-state index in [1.54, 1.807) is 0 Å². The van der Waals surface area contributed by atoms with Gasteiger partial charge in [-0.2, -0.15) is 0 Å². The van der Waals surface area contributed by atoms with E-state index in [2.05, 4.69) is 30.0 Å². The van der Waals surface area contributed by atoms with E-state index in [0.717, 1.165) is 6.54 Å². The molecule has 0 bridgehead atoms. The van der Waals surface area contributed by atoms with Gasteiger partial charge in [-0.25, -0.2) is 0 Å². The molecular formula is C9H12NO4S-. The third kappa shape index (κ3) is 12.8. The molecule has 0 saturated carbocycles. The van der Waals surface area contributed by atoms with Crippen LogP contribution in [-0.2, 0) is 10.4 Å². The van der Waals surface area contributed by atoms with Gasteiger partial charge in [0.2, 0.25) is 0 Å². The molecule has 0 fully saturated rings. The highest BCUT2D eigenvalue weighted by molar-refractivity contribution is 7.79. The van der Waals surface area contributed by atoms with Crippen molar-refractivity contribution in [2.45, 2.75) is 0 Å². The van der Waals surface area contributed by atoms with Crippen molar-refractivity contribution in [3.63, 3.8) is 0 Å². The zero-order valence-corrected chi connectivity index (χ0v) is 8.81. The topological polar surface area (TPSA) is 108 Å². The normalized spacial score (nSPS) is 10.9. The number of quaternary nitrogens is 1. The van der Waals surface area contributed by atoms with Crippen LogP contribution in [0.15, 0.2) is 36.4 Å². The largest absolute Gasteiger partial charge is 0.759 e. The molecule has 0 spiro atoms. The fourth-order valence-electron chi connectivity index (χ4n) is 0.784. The van der Waals surface area contributed by atoms with E-state index in [4.69, 9.17) is 17.5 Å². The van der Waals surface area contributed by atoms with Crippen molar-refractivity contribution in [3.8, 4) is 0 Å². The highest BCUT2D eigenvalue weighted by Crippen LogP contribution is 1.99. The van der Waals surface area contributed by atoms with Gasteiger partial charge < -0.3 is 14.8 Å². The Kier molecular flexibility index (Phi) is 6.56.